The van der Waals surface area contributed by atoms with Crippen molar-refractivity contribution in [3.05, 3.63) is 77.1 Å². The molecule has 3 aromatic rings. The van der Waals surface area contributed by atoms with Crippen molar-refractivity contribution in [3.8, 4) is 16.8 Å². The lowest BCUT2D eigenvalue weighted by Gasteiger charge is -2.08. The number of rotatable bonds is 4. The molecule has 3 nitrogen and oxygen atoms in total. The molecule has 128 valence electrons. The molecule has 0 fully saturated rings. The number of ether oxygens (including phenoxy) is 1. The summed E-state index contributed by atoms with van der Waals surface area (Å²) in [5.74, 6) is -0.276. The van der Waals surface area contributed by atoms with Gasteiger partial charge < -0.3 is 9.30 Å². The van der Waals surface area contributed by atoms with Crippen LogP contribution in [0.25, 0.3) is 16.8 Å². The minimum atomic E-state index is -0.276. The predicted molar refractivity (Wildman–Crippen MR) is 101 cm³/mol. The Balaban J connectivity index is 2.18. The summed E-state index contributed by atoms with van der Waals surface area (Å²) in [5.41, 5.74) is 6.87. The van der Waals surface area contributed by atoms with Crippen LogP contribution in [0.15, 0.2) is 54.7 Å². The van der Waals surface area contributed by atoms with Gasteiger partial charge in [0.25, 0.3) is 0 Å². The summed E-state index contributed by atoms with van der Waals surface area (Å²) in [6, 6.07) is 16.5. The molecule has 0 amide bonds. The zero-order valence-corrected chi connectivity index (χ0v) is 15.2. The Hall–Kier alpha value is -2.81. The van der Waals surface area contributed by atoms with Crippen molar-refractivity contribution < 1.29 is 9.53 Å². The number of nitrogens with zero attached hydrogens (tertiary/aromatic N) is 1. The maximum absolute atomic E-state index is 12.6. The Bertz CT molecular complexity index is 887. The molecule has 0 saturated carbocycles. The van der Waals surface area contributed by atoms with Gasteiger partial charge in [-0.05, 0) is 45.4 Å². The highest BCUT2D eigenvalue weighted by Gasteiger charge is 2.22. The summed E-state index contributed by atoms with van der Waals surface area (Å²) in [5, 5.41) is 0. The first kappa shape index (κ1) is 17.0. The van der Waals surface area contributed by atoms with Gasteiger partial charge in [0.2, 0.25) is 0 Å². The number of hydrogen-bond donors (Lipinski definition) is 0. The van der Waals surface area contributed by atoms with Crippen molar-refractivity contribution in [2.75, 3.05) is 6.61 Å². The van der Waals surface area contributed by atoms with Crippen molar-refractivity contribution in [1.82, 2.24) is 4.57 Å². The molecule has 25 heavy (non-hydrogen) atoms. The van der Waals surface area contributed by atoms with Gasteiger partial charge >= 0.3 is 5.97 Å². The average Bonchev–Trinajstić information content (AvgIpc) is 2.94. The van der Waals surface area contributed by atoms with E-state index in [-0.39, 0.29) is 5.97 Å². The third-order valence-corrected chi connectivity index (χ3v) is 4.40. The Labute approximate surface area is 148 Å². The van der Waals surface area contributed by atoms with Gasteiger partial charge in [0.1, 0.15) is 0 Å². The van der Waals surface area contributed by atoms with Gasteiger partial charge in [-0.3, -0.25) is 0 Å². The van der Waals surface area contributed by atoms with E-state index in [0.29, 0.717) is 12.2 Å². The van der Waals surface area contributed by atoms with Crippen LogP contribution in [0, 0.1) is 20.8 Å². The summed E-state index contributed by atoms with van der Waals surface area (Å²) in [4.78, 5) is 12.6. The zero-order valence-electron chi connectivity index (χ0n) is 15.2. The Morgan fingerprint density at radius 2 is 1.48 bits per heavy atom. The van der Waals surface area contributed by atoms with Crippen molar-refractivity contribution >= 4 is 5.97 Å². The molecule has 2 aromatic carbocycles. The fourth-order valence-electron chi connectivity index (χ4n) is 2.99. The smallest absolute Gasteiger partial charge is 0.340 e. The van der Waals surface area contributed by atoms with Crippen LogP contribution in [0.3, 0.4) is 0 Å². The molecule has 0 radical (unpaired) electrons. The predicted octanol–water partition coefficient (Wildman–Crippen LogP) is 5.25. The van der Waals surface area contributed by atoms with E-state index in [1.807, 2.05) is 32.2 Å². The topological polar surface area (TPSA) is 31.2 Å². The minimum Gasteiger partial charge on any atom is -0.462 e. The van der Waals surface area contributed by atoms with E-state index in [1.165, 1.54) is 11.1 Å². The van der Waals surface area contributed by atoms with Crippen LogP contribution in [0.5, 0.6) is 0 Å². The van der Waals surface area contributed by atoms with Crippen LogP contribution in [0.4, 0.5) is 0 Å². The van der Waals surface area contributed by atoms with E-state index in [1.54, 1.807) is 0 Å². The van der Waals surface area contributed by atoms with Crippen molar-refractivity contribution in [2.24, 2.45) is 0 Å². The van der Waals surface area contributed by atoms with Crippen molar-refractivity contribution in [2.45, 2.75) is 27.7 Å². The fourth-order valence-corrected chi connectivity index (χ4v) is 2.99. The van der Waals surface area contributed by atoms with Gasteiger partial charge in [0.05, 0.1) is 12.2 Å². The molecular weight excluding hydrogens is 310 g/mol. The second kappa shape index (κ2) is 6.98. The Morgan fingerprint density at radius 1 is 0.920 bits per heavy atom. The first-order valence-electron chi connectivity index (χ1n) is 8.54. The maximum atomic E-state index is 12.6. The highest BCUT2D eigenvalue weighted by Crippen LogP contribution is 2.31. The molecule has 3 heteroatoms. The molecular formula is C22H23NO2. The largest absolute Gasteiger partial charge is 0.462 e. The lowest BCUT2D eigenvalue weighted by molar-refractivity contribution is 0.0526. The first-order valence-corrected chi connectivity index (χ1v) is 8.54. The maximum Gasteiger partial charge on any atom is 0.340 e. The molecule has 0 aliphatic heterocycles. The lowest BCUT2D eigenvalue weighted by Crippen LogP contribution is -2.07. The van der Waals surface area contributed by atoms with E-state index in [4.69, 9.17) is 4.74 Å². The molecule has 0 aliphatic carbocycles. The Morgan fingerprint density at radius 3 is 2.04 bits per heavy atom. The number of aryl methyl sites for hydroxylation is 2. The number of carbonyl (C=O) groups is 1. The van der Waals surface area contributed by atoms with E-state index >= 15 is 0 Å². The Kier molecular flexibility index (Phi) is 4.75. The first-order chi connectivity index (χ1) is 12.0. The number of carbonyl (C=O) groups excluding carboxylic acids is 1. The average molecular weight is 333 g/mol. The van der Waals surface area contributed by atoms with Crippen molar-refractivity contribution in [3.63, 3.8) is 0 Å². The molecule has 3 rings (SSSR count). The zero-order chi connectivity index (χ0) is 18.0. The summed E-state index contributed by atoms with van der Waals surface area (Å²) < 4.78 is 7.37. The van der Waals surface area contributed by atoms with Crippen LogP contribution in [0.1, 0.15) is 34.1 Å². The summed E-state index contributed by atoms with van der Waals surface area (Å²) >= 11 is 0. The highest BCUT2D eigenvalue weighted by atomic mass is 16.5. The van der Waals surface area contributed by atoms with Crippen LogP contribution < -0.4 is 0 Å². The summed E-state index contributed by atoms with van der Waals surface area (Å²) in [6.07, 6.45) is 2.02. The van der Waals surface area contributed by atoms with Gasteiger partial charge in [-0.25, -0.2) is 4.79 Å². The van der Waals surface area contributed by atoms with Gasteiger partial charge in [-0.2, -0.15) is 0 Å². The molecule has 0 atom stereocenters. The fraction of sp³-hybridized carbons (Fsp3) is 0.227. The van der Waals surface area contributed by atoms with Gasteiger partial charge in [-0.15, -0.1) is 0 Å². The van der Waals surface area contributed by atoms with E-state index in [2.05, 4.69) is 54.8 Å². The highest BCUT2D eigenvalue weighted by molar-refractivity contribution is 5.99. The molecule has 0 saturated heterocycles. The van der Waals surface area contributed by atoms with Gasteiger partial charge in [0.15, 0.2) is 0 Å². The lowest BCUT2D eigenvalue weighted by atomic mass is 10.0. The van der Waals surface area contributed by atoms with Gasteiger partial charge in [-0.1, -0.05) is 47.5 Å². The van der Waals surface area contributed by atoms with E-state index in [9.17, 15) is 4.79 Å². The molecule has 0 unspecified atom stereocenters. The van der Waals surface area contributed by atoms with Crippen molar-refractivity contribution in [1.29, 1.82) is 0 Å². The van der Waals surface area contributed by atoms with E-state index < -0.39 is 0 Å². The normalized spacial score (nSPS) is 10.7. The number of hydrogen-bond acceptors (Lipinski definition) is 2. The molecule has 0 N–H and O–H groups in total. The van der Waals surface area contributed by atoms with Crippen LogP contribution in [-0.2, 0) is 4.74 Å². The molecule has 1 heterocycles. The molecule has 0 aliphatic rings. The molecule has 0 spiro atoms. The van der Waals surface area contributed by atoms with E-state index in [0.717, 1.165) is 22.5 Å². The SMILES string of the molecule is CCOC(=O)c1c(-c2ccc(C)cc2)cn(-c2ccc(C)cc2)c1C. The summed E-state index contributed by atoms with van der Waals surface area (Å²) in [7, 11) is 0. The second-order valence-corrected chi connectivity index (χ2v) is 6.30. The quantitative estimate of drug-likeness (QED) is 0.611. The standard InChI is InChI=1S/C22H23NO2/c1-5-25-22(24)21-17(4)23(19-12-8-16(3)9-13-19)14-20(21)18-10-6-15(2)7-11-18/h6-14H,5H2,1-4H3. The minimum absolute atomic E-state index is 0.276. The van der Waals surface area contributed by atoms with Crippen LogP contribution >= 0.6 is 0 Å². The third kappa shape index (κ3) is 3.36. The number of aromatic nitrogens is 1. The van der Waals surface area contributed by atoms with Gasteiger partial charge in [0, 0.05) is 23.1 Å². The molecule has 1 aromatic heterocycles. The monoisotopic (exact) mass is 333 g/mol. The van der Waals surface area contributed by atoms with Crippen LogP contribution in [-0.4, -0.2) is 17.1 Å². The number of esters is 1. The molecule has 0 bridgehead atoms. The third-order valence-electron chi connectivity index (χ3n) is 4.40. The van der Waals surface area contributed by atoms with Crippen LogP contribution in [0.2, 0.25) is 0 Å². The second-order valence-electron chi connectivity index (χ2n) is 6.30. The summed E-state index contributed by atoms with van der Waals surface area (Å²) in [6.45, 7) is 8.27. The number of benzene rings is 2.